The first kappa shape index (κ1) is 9.72. The predicted molar refractivity (Wildman–Crippen MR) is 53.9 cm³/mol. The van der Waals surface area contributed by atoms with Crippen molar-refractivity contribution < 1.29 is 0 Å². The van der Waals surface area contributed by atoms with E-state index in [0.29, 0.717) is 25.3 Å². The second kappa shape index (κ2) is 4.61. The summed E-state index contributed by atoms with van der Waals surface area (Å²) >= 11 is 0. The highest BCUT2D eigenvalue weighted by molar-refractivity contribution is 5.12. The van der Waals surface area contributed by atoms with E-state index in [1.807, 2.05) is 12.1 Å². The maximum Gasteiger partial charge on any atom is 0.179 e. The maximum absolute atomic E-state index is 5.38. The Morgan fingerprint density at radius 3 is 3.07 bits per heavy atom. The standard InChI is InChI=1S/C9H12N6/c10-3-5-15-13-9(12-14-15)6-8-2-1-4-11-7-8/h1-2,4,7H,3,5-6,10H2. The van der Waals surface area contributed by atoms with Crippen molar-refractivity contribution in [1.82, 2.24) is 25.2 Å². The first-order chi connectivity index (χ1) is 7.38. The summed E-state index contributed by atoms with van der Waals surface area (Å²) in [6.07, 6.45) is 4.18. The fourth-order valence-corrected chi connectivity index (χ4v) is 1.24. The van der Waals surface area contributed by atoms with E-state index in [9.17, 15) is 0 Å². The van der Waals surface area contributed by atoms with Gasteiger partial charge in [-0.05, 0) is 16.8 Å². The topological polar surface area (TPSA) is 82.5 Å². The van der Waals surface area contributed by atoms with Gasteiger partial charge in [0.2, 0.25) is 0 Å². The largest absolute Gasteiger partial charge is 0.329 e. The third kappa shape index (κ3) is 2.57. The van der Waals surface area contributed by atoms with Crippen molar-refractivity contribution in [1.29, 1.82) is 0 Å². The molecule has 0 fully saturated rings. The van der Waals surface area contributed by atoms with Crippen molar-refractivity contribution >= 4 is 0 Å². The normalized spacial score (nSPS) is 10.5. The molecule has 2 aromatic rings. The van der Waals surface area contributed by atoms with Crippen LogP contribution in [-0.4, -0.2) is 31.7 Å². The van der Waals surface area contributed by atoms with Crippen molar-refractivity contribution in [3.8, 4) is 0 Å². The van der Waals surface area contributed by atoms with E-state index in [1.54, 1.807) is 12.4 Å². The van der Waals surface area contributed by atoms with E-state index >= 15 is 0 Å². The first-order valence-electron chi connectivity index (χ1n) is 4.74. The molecule has 2 aromatic heterocycles. The van der Waals surface area contributed by atoms with Gasteiger partial charge in [0.1, 0.15) is 0 Å². The Hall–Kier alpha value is -1.82. The molecule has 0 aliphatic heterocycles. The van der Waals surface area contributed by atoms with E-state index in [2.05, 4.69) is 20.4 Å². The highest BCUT2D eigenvalue weighted by atomic mass is 15.6. The quantitative estimate of drug-likeness (QED) is 0.734. The summed E-state index contributed by atoms with van der Waals surface area (Å²) in [5.74, 6) is 0.691. The molecule has 0 aliphatic carbocycles. The molecule has 0 aromatic carbocycles. The summed E-state index contributed by atoms with van der Waals surface area (Å²) in [7, 11) is 0. The molecule has 0 amide bonds. The van der Waals surface area contributed by atoms with Gasteiger partial charge in [-0.15, -0.1) is 10.2 Å². The van der Waals surface area contributed by atoms with Gasteiger partial charge in [0.25, 0.3) is 0 Å². The van der Waals surface area contributed by atoms with E-state index in [1.165, 1.54) is 4.80 Å². The summed E-state index contributed by atoms with van der Waals surface area (Å²) in [6, 6.07) is 3.87. The third-order valence-corrected chi connectivity index (χ3v) is 1.91. The van der Waals surface area contributed by atoms with E-state index in [0.717, 1.165) is 5.56 Å². The molecule has 6 nitrogen and oxygen atoms in total. The van der Waals surface area contributed by atoms with Gasteiger partial charge >= 0.3 is 0 Å². The summed E-state index contributed by atoms with van der Waals surface area (Å²) in [4.78, 5) is 5.53. The molecule has 0 radical (unpaired) electrons. The Bertz CT molecular complexity index is 410. The lowest BCUT2D eigenvalue weighted by Gasteiger charge is -1.94. The molecular formula is C9H12N6. The van der Waals surface area contributed by atoms with Crippen molar-refractivity contribution in [2.75, 3.05) is 6.54 Å². The van der Waals surface area contributed by atoms with Crippen molar-refractivity contribution in [2.24, 2.45) is 5.73 Å². The van der Waals surface area contributed by atoms with Crippen LogP contribution in [0, 0.1) is 0 Å². The van der Waals surface area contributed by atoms with Crippen LogP contribution in [0.5, 0.6) is 0 Å². The summed E-state index contributed by atoms with van der Waals surface area (Å²) in [5, 5.41) is 12.0. The molecule has 0 aliphatic rings. The van der Waals surface area contributed by atoms with E-state index in [4.69, 9.17) is 5.73 Å². The van der Waals surface area contributed by atoms with Crippen molar-refractivity contribution in [3.05, 3.63) is 35.9 Å². The number of aromatic nitrogens is 5. The molecule has 2 rings (SSSR count). The Kier molecular flexibility index (Phi) is 2.99. The third-order valence-electron chi connectivity index (χ3n) is 1.91. The highest BCUT2D eigenvalue weighted by Gasteiger charge is 2.03. The van der Waals surface area contributed by atoms with Crippen LogP contribution in [0.15, 0.2) is 24.5 Å². The van der Waals surface area contributed by atoms with E-state index in [-0.39, 0.29) is 0 Å². The number of nitrogens with two attached hydrogens (primary N) is 1. The summed E-state index contributed by atoms with van der Waals surface area (Å²) in [6.45, 7) is 1.11. The second-order valence-corrected chi connectivity index (χ2v) is 3.13. The lowest BCUT2D eigenvalue weighted by atomic mass is 10.2. The zero-order valence-electron chi connectivity index (χ0n) is 8.24. The van der Waals surface area contributed by atoms with Gasteiger partial charge in [-0.25, -0.2) is 0 Å². The van der Waals surface area contributed by atoms with Gasteiger partial charge in [-0.1, -0.05) is 6.07 Å². The first-order valence-corrected chi connectivity index (χ1v) is 4.74. The van der Waals surface area contributed by atoms with Crippen LogP contribution in [-0.2, 0) is 13.0 Å². The zero-order valence-corrected chi connectivity index (χ0v) is 8.24. The Labute approximate surface area is 87.1 Å². The Balaban J connectivity index is 2.05. The average Bonchev–Trinajstić information content (AvgIpc) is 2.68. The molecule has 2 N–H and O–H groups in total. The molecule has 2 heterocycles. The van der Waals surface area contributed by atoms with Crippen LogP contribution in [0.2, 0.25) is 0 Å². The molecule has 0 unspecified atom stereocenters. The number of hydrogen-bond acceptors (Lipinski definition) is 5. The maximum atomic E-state index is 5.38. The Morgan fingerprint density at radius 1 is 1.40 bits per heavy atom. The minimum atomic E-state index is 0.517. The lowest BCUT2D eigenvalue weighted by molar-refractivity contribution is 0.529. The SMILES string of the molecule is NCCn1nnc(Cc2cccnc2)n1. The van der Waals surface area contributed by atoms with Gasteiger partial charge in [0, 0.05) is 25.4 Å². The smallest absolute Gasteiger partial charge is 0.179 e. The molecule has 0 spiro atoms. The van der Waals surface area contributed by atoms with Crippen LogP contribution >= 0.6 is 0 Å². The number of hydrogen-bond donors (Lipinski definition) is 1. The molecule has 0 atom stereocenters. The lowest BCUT2D eigenvalue weighted by Crippen LogP contribution is -2.12. The van der Waals surface area contributed by atoms with Gasteiger partial charge in [-0.2, -0.15) is 4.80 Å². The van der Waals surface area contributed by atoms with E-state index < -0.39 is 0 Å². The monoisotopic (exact) mass is 204 g/mol. The molecule has 0 bridgehead atoms. The molecule has 78 valence electrons. The fourth-order valence-electron chi connectivity index (χ4n) is 1.24. The molecule has 6 heteroatoms. The summed E-state index contributed by atoms with van der Waals surface area (Å²) < 4.78 is 0. The molecule has 15 heavy (non-hydrogen) atoms. The predicted octanol–water partition coefficient (Wildman–Crippen LogP) is -0.382. The Morgan fingerprint density at radius 2 is 2.33 bits per heavy atom. The fraction of sp³-hybridized carbons (Fsp3) is 0.333. The number of tetrazole rings is 1. The second-order valence-electron chi connectivity index (χ2n) is 3.13. The van der Waals surface area contributed by atoms with Crippen LogP contribution in [0.25, 0.3) is 0 Å². The molecule has 0 saturated carbocycles. The van der Waals surface area contributed by atoms with Crippen LogP contribution in [0.4, 0.5) is 0 Å². The summed E-state index contributed by atoms with van der Waals surface area (Å²) in [5.41, 5.74) is 6.46. The van der Waals surface area contributed by atoms with Gasteiger partial charge in [0.05, 0.1) is 6.54 Å². The number of pyridine rings is 1. The van der Waals surface area contributed by atoms with Gasteiger partial charge < -0.3 is 5.73 Å². The van der Waals surface area contributed by atoms with Crippen molar-refractivity contribution in [3.63, 3.8) is 0 Å². The number of rotatable bonds is 4. The zero-order chi connectivity index (χ0) is 10.5. The van der Waals surface area contributed by atoms with Gasteiger partial charge in [-0.3, -0.25) is 4.98 Å². The number of nitrogens with zero attached hydrogens (tertiary/aromatic N) is 5. The minimum absolute atomic E-state index is 0.517. The minimum Gasteiger partial charge on any atom is -0.329 e. The van der Waals surface area contributed by atoms with Crippen LogP contribution in [0.1, 0.15) is 11.4 Å². The van der Waals surface area contributed by atoms with Gasteiger partial charge in [0.15, 0.2) is 5.82 Å². The average molecular weight is 204 g/mol. The van der Waals surface area contributed by atoms with Crippen molar-refractivity contribution in [2.45, 2.75) is 13.0 Å². The molecule has 0 saturated heterocycles. The molecular weight excluding hydrogens is 192 g/mol. The highest BCUT2D eigenvalue weighted by Crippen LogP contribution is 2.01. The van der Waals surface area contributed by atoms with Crippen LogP contribution < -0.4 is 5.73 Å². The van der Waals surface area contributed by atoms with Crippen LogP contribution in [0.3, 0.4) is 0 Å².